The molecule has 1 aliphatic carbocycles. The molecule has 1 aliphatic heterocycles. The lowest BCUT2D eigenvalue weighted by atomic mass is 9.86. The third kappa shape index (κ3) is 2.91. The van der Waals surface area contributed by atoms with Gasteiger partial charge in [0.05, 0.1) is 6.10 Å². The van der Waals surface area contributed by atoms with Crippen molar-refractivity contribution in [3.8, 4) is 0 Å². The van der Waals surface area contributed by atoms with Crippen LogP contribution < -0.4 is 11.1 Å². The number of hydrogen-bond acceptors (Lipinski definition) is 4. The summed E-state index contributed by atoms with van der Waals surface area (Å²) in [5.41, 5.74) is 6.23. The summed E-state index contributed by atoms with van der Waals surface area (Å²) < 4.78 is 10.6. The van der Waals surface area contributed by atoms with Crippen molar-refractivity contribution in [1.82, 2.24) is 5.32 Å². The van der Waals surface area contributed by atoms with Crippen LogP contribution >= 0.6 is 0 Å². The average Bonchev–Trinajstić information content (AvgIpc) is 2.17. The molecule has 1 heterocycles. The molecule has 4 heteroatoms. The van der Waals surface area contributed by atoms with Gasteiger partial charge in [0.25, 0.3) is 0 Å². The molecule has 0 unspecified atom stereocenters. The molecule has 4 nitrogen and oxygen atoms in total. The minimum Gasteiger partial charge on any atom is -0.381 e. The van der Waals surface area contributed by atoms with Crippen LogP contribution in [-0.2, 0) is 9.47 Å². The monoisotopic (exact) mass is 214 g/mol. The summed E-state index contributed by atoms with van der Waals surface area (Å²) in [6.07, 6.45) is 4.67. The number of ether oxygens (including phenoxy) is 2. The second-order valence-corrected chi connectivity index (χ2v) is 4.88. The Morgan fingerprint density at radius 2 is 2.07 bits per heavy atom. The zero-order valence-corrected chi connectivity index (χ0v) is 9.50. The van der Waals surface area contributed by atoms with E-state index in [0.717, 1.165) is 45.4 Å². The van der Waals surface area contributed by atoms with Gasteiger partial charge >= 0.3 is 0 Å². The summed E-state index contributed by atoms with van der Waals surface area (Å²) in [5, 5.41) is 3.53. The maximum absolute atomic E-state index is 6.28. The maximum atomic E-state index is 6.28. The van der Waals surface area contributed by atoms with Crippen molar-refractivity contribution >= 4 is 0 Å². The first-order valence-electron chi connectivity index (χ1n) is 5.85. The first kappa shape index (κ1) is 11.3. The first-order valence-corrected chi connectivity index (χ1v) is 5.85. The zero-order valence-electron chi connectivity index (χ0n) is 9.50. The molecule has 0 radical (unpaired) electrons. The molecule has 2 aliphatic rings. The number of methoxy groups -OCH3 is 1. The summed E-state index contributed by atoms with van der Waals surface area (Å²) in [6.45, 7) is 2.53. The molecule has 0 atom stereocenters. The van der Waals surface area contributed by atoms with E-state index in [2.05, 4.69) is 5.32 Å². The van der Waals surface area contributed by atoms with Crippen molar-refractivity contribution in [1.29, 1.82) is 0 Å². The Kier molecular flexibility index (Phi) is 3.61. The van der Waals surface area contributed by atoms with Crippen LogP contribution in [-0.4, -0.2) is 44.6 Å². The zero-order chi connectivity index (χ0) is 10.7. The largest absolute Gasteiger partial charge is 0.381 e. The highest BCUT2D eigenvalue weighted by atomic mass is 16.5. The van der Waals surface area contributed by atoms with Gasteiger partial charge in [-0.3, -0.25) is 0 Å². The van der Waals surface area contributed by atoms with Crippen LogP contribution in [0.15, 0.2) is 0 Å². The van der Waals surface area contributed by atoms with Gasteiger partial charge in [-0.05, 0) is 25.7 Å². The molecule has 15 heavy (non-hydrogen) atoms. The van der Waals surface area contributed by atoms with Gasteiger partial charge in [-0.2, -0.15) is 0 Å². The summed E-state index contributed by atoms with van der Waals surface area (Å²) >= 11 is 0. The number of hydrogen-bond donors (Lipinski definition) is 2. The summed E-state index contributed by atoms with van der Waals surface area (Å²) in [7, 11) is 1.78. The lowest BCUT2D eigenvalue weighted by Crippen LogP contribution is -2.56. The summed E-state index contributed by atoms with van der Waals surface area (Å²) in [4.78, 5) is 0. The molecule has 1 saturated heterocycles. The molecular weight excluding hydrogens is 192 g/mol. The maximum Gasteiger partial charge on any atom is 0.0601 e. The van der Waals surface area contributed by atoms with Crippen LogP contribution in [0.2, 0.25) is 0 Å². The molecule has 0 spiro atoms. The van der Waals surface area contributed by atoms with Crippen LogP contribution in [0.25, 0.3) is 0 Å². The fourth-order valence-corrected chi connectivity index (χ4v) is 2.23. The molecular formula is C11H22N2O2. The standard InChI is InChI=1S/C11H22N2O2/c1-14-10-6-9(7-10)13-8-11(12)2-4-15-5-3-11/h9-10,13H,2-8,12H2,1H3. The molecule has 2 rings (SSSR count). The van der Waals surface area contributed by atoms with Crippen molar-refractivity contribution in [2.24, 2.45) is 5.73 Å². The quantitative estimate of drug-likeness (QED) is 0.705. The first-order chi connectivity index (χ1) is 7.22. The van der Waals surface area contributed by atoms with E-state index in [9.17, 15) is 0 Å². The highest BCUT2D eigenvalue weighted by molar-refractivity contribution is 4.93. The van der Waals surface area contributed by atoms with Gasteiger partial charge in [0.2, 0.25) is 0 Å². The Morgan fingerprint density at radius 1 is 1.40 bits per heavy atom. The van der Waals surface area contributed by atoms with E-state index in [0.29, 0.717) is 12.1 Å². The Labute approximate surface area is 91.5 Å². The molecule has 0 aromatic carbocycles. The minimum atomic E-state index is -0.0452. The van der Waals surface area contributed by atoms with E-state index in [1.807, 2.05) is 0 Å². The van der Waals surface area contributed by atoms with Gasteiger partial charge in [0.1, 0.15) is 0 Å². The van der Waals surface area contributed by atoms with Crippen LogP contribution in [0.3, 0.4) is 0 Å². The molecule has 3 N–H and O–H groups in total. The smallest absolute Gasteiger partial charge is 0.0601 e. The molecule has 0 amide bonds. The SMILES string of the molecule is COC1CC(NCC2(N)CCOCC2)C1. The molecule has 0 aromatic rings. The predicted molar refractivity (Wildman–Crippen MR) is 58.8 cm³/mol. The Hall–Kier alpha value is -0.160. The average molecular weight is 214 g/mol. The lowest BCUT2D eigenvalue weighted by molar-refractivity contribution is 0.0104. The molecule has 0 aromatic heterocycles. The molecule has 88 valence electrons. The van der Waals surface area contributed by atoms with E-state index < -0.39 is 0 Å². The third-order valence-electron chi connectivity index (χ3n) is 3.66. The van der Waals surface area contributed by atoms with Gasteiger partial charge in [-0.1, -0.05) is 0 Å². The summed E-state index contributed by atoms with van der Waals surface area (Å²) in [6, 6.07) is 0.609. The minimum absolute atomic E-state index is 0.0452. The Bertz CT molecular complexity index is 199. The van der Waals surface area contributed by atoms with Gasteiger partial charge in [-0.15, -0.1) is 0 Å². The van der Waals surface area contributed by atoms with Gasteiger partial charge < -0.3 is 20.5 Å². The fraction of sp³-hybridized carbons (Fsp3) is 1.00. The van der Waals surface area contributed by atoms with E-state index in [1.54, 1.807) is 7.11 Å². The van der Waals surface area contributed by atoms with Crippen LogP contribution in [0.1, 0.15) is 25.7 Å². The molecule has 0 bridgehead atoms. The van der Waals surface area contributed by atoms with Crippen molar-refractivity contribution in [2.45, 2.75) is 43.4 Å². The van der Waals surface area contributed by atoms with E-state index in [4.69, 9.17) is 15.2 Å². The number of nitrogens with two attached hydrogens (primary N) is 1. The van der Waals surface area contributed by atoms with Gasteiger partial charge in [0, 0.05) is 38.4 Å². The second-order valence-electron chi connectivity index (χ2n) is 4.88. The lowest BCUT2D eigenvalue weighted by Gasteiger charge is -2.39. The van der Waals surface area contributed by atoms with Crippen molar-refractivity contribution in [2.75, 3.05) is 26.9 Å². The molecule has 2 fully saturated rings. The topological polar surface area (TPSA) is 56.5 Å². The molecule has 1 saturated carbocycles. The van der Waals surface area contributed by atoms with Crippen molar-refractivity contribution in [3.63, 3.8) is 0 Å². The van der Waals surface area contributed by atoms with E-state index in [1.165, 1.54) is 0 Å². The third-order valence-corrected chi connectivity index (χ3v) is 3.66. The normalized spacial score (nSPS) is 34.8. The van der Waals surface area contributed by atoms with E-state index in [-0.39, 0.29) is 5.54 Å². The van der Waals surface area contributed by atoms with Gasteiger partial charge in [0.15, 0.2) is 0 Å². The van der Waals surface area contributed by atoms with Crippen LogP contribution in [0.4, 0.5) is 0 Å². The summed E-state index contributed by atoms with van der Waals surface area (Å²) in [5.74, 6) is 0. The van der Waals surface area contributed by atoms with Crippen molar-refractivity contribution in [3.05, 3.63) is 0 Å². The highest BCUT2D eigenvalue weighted by Gasteiger charge is 2.32. The Morgan fingerprint density at radius 3 is 2.67 bits per heavy atom. The van der Waals surface area contributed by atoms with Crippen LogP contribution in [0, 0.1) is 0 Å². The van der Waals surface area contributed by atoms with E-state index >= 15 is 0 Å². The number of nitrogens with one attached hydrogen (secondary N) is 1. The fourth-order valence-electron chi connectivity index (χ4n) is 2.23. The van der Waals surface area contributed by atoms with Gasteiger partial charge in [-0.25, -0.2) is 0 Å². The van der Waals surface area contributed by atoms with Crippen LogP contribution in [0.5, 0.6) is 0 Å². The van der Waals surface area contributed by atoms with Crippen molar-refractivity contribution < 1.29 is 9.47 Å². The number of rotatable bonds is 4. The second kappa shape index (κ2) is 4.78. The predicted octanol–water partition coefficient (Wildman–Crippen LogP) is 0.261. The highest BCUT2D eigenvalue weighted by Crippen LogP contribution is 2.24. The Balaban J connectivity index is 1.65.